The second-order valence-corrected chi connectivity index (χ2v) is 6.31. The van der Waals surface area contributed by atoms with Crippen LogP contribution in [-0.4, -0.2) is 15.6 Å². The second kappa shape index (κ2) is 7.49. The van der Waals surface area contributed by atoms with Crippen molar-refractivity contribution in [2.75, 3.05) is 5.43 Å². The number of hydrogen-bond acceptors (Lipinski definition) is 3. The van der Waals surface area contributed by atoms with Crippen molar-refractivity contribution in [3.8, 4) is 0 Å². The number of carbonyl (C=O) groups excluding carboxylic acids is 1. The molecular formula is C20H17F2N3O2. The smallest absolute Gasteiger partial charge is 0.273 e. The van der Waals surface area contributed by atoms with Crippen LogP contribution in [0.4, 0.5) is 8.78 Å². The summed E-state index contributed by atoms with van der Waals surface area (Å²) in [7, 11) is 0. The zero-order valence-electron chi connectivity index (χ0n) is 14.8. The lowest BCUT2D eigenvalue weighted by atomic mass is 10.1. The number of halogens is 2. The van der Waals surface area contributed by atoms with E-state index < -0.39 is 23.1 Å². The maximum Gasteiger partial charge on any atom is 0.280 e. The molecule has 7 heteroatoms. The lowest BCUT2D eigenvalue weighted by Crippen LogP contribution is -2.36. The first-order valence-electron chi connectivity index (χ1n) is 8.25. The summed E-state index contributed by atoms with van der Waals surface area (Å²) in [5, 5.41) is -0.125. The Bertz CT molecular complexity index is 1100. The second-order valence-electron chi connectivity index (χ2n) is 6.31. The summed E-state index contributed by atoms with van der Waals surface area (Å²) in [5.74, 6) is -2.56. The van der Waals surface area contributed by atoms with Crippen molar-refractivity contribution in [2.45, 2.75) is 20.3 Å². The van der Waals surface area contributed by atoms with Gasteiger partial charge >= 0.3 is 0 Å². The average Bonchev–Trinajstić information content (AvgIpc) is 2.61. The summed E-state index contributed by atoms with van der Waals surface area (Å²) in [6.07, 6.45) is 1.63. The van der Waals surface area contributed by atoms with E-state index in [1.807, 2.05) is 6.07 Å². The van der Waals surface area contributed by atoms with E-state index >= 15 is 0 Å². The van der Waals surface area contributed by atoms with Crippen LogP contribution >= 0.6 is 0 Å². The fourth-order valence-corrected chi connectivity index (χ4v) is 2.61. The van der Waals surface area contributed by atoms with Crippen LogP contribution in [0.1, 0.15) is 25.2 Å². The fourth-order valence-electron chi connectivity index (χ4n) is 2.61. The van der Waals surface area contributed by atoms with Gasteiger partial charge in [0.25, 0.3) is 5.56 Å². The minimum absolute atomic E-state index is 0.0139. The van der Waals surface area contributed by atoms with Gasteiger partial charge in [0, 0.05) is 6.07 Å². The van der Waals surface area contributed by atoms with E-state index in [4.69, 9.17) is 0 Å². The Morgan fingerprint density at radius 1 is 1.15 bits per heavy atom. The minimum Gasteiger partial charge on any atom is -0.273 e. The van der Waals surface area contributed by atoms with Gasteiger partial charge in [-0.15, -0.1) is 0 Å². The Balaban J connectivity index is 2.08. The molecular weight excluding hydrogens is 352 g/mol. The highest BCUT2D eigenvalue weighted by Gasteiger charge is 2.15. The van der Waals surface area contributed by atoms with Gasteiger partial charge in [-0.1, -0.05) is 35.9 Å². The van der Waals surface area contributed by atoms with E-state index in [0.717, 1.165) is 27.9 Å². The first kappa shape index (κ1) is 18.4. The average molecular weight is 369 g/mol. The maximum atomic E-state index is 13.6. The number of nitrogens with one attached hydrogen (secondary N) is 1. The largest absolute Gasteiger partial charge is 0.280 e. The number of benzene rings is 2. The van der Waals surface area contributed by atoms with Gasteiger partial charge < -0.3 is 0 Å². The molecule has 1 heterocycles. The molecule has 0 saturated carbocycles. The lowest BCUT2D eigenvalue weighted by Gasteiger charge is -2.13. The molecule has 1 N–H and O–H groups in total. The quantitative estimate of drug-likeness (QED) is 0.767. The van der Waals surface area contributed by atoms with Gasteiger partial charge in [-0.25, -0.2) is 13.8 Å². The molecule has 0 fully saturated rings. The molecule has 2 aromatic carbocycles. The first-order valence-corrected chi connectivity index (χ1v) is 8.25. The Labute approximate surface area is 153 Å². The van der Waals surface area contributed by atoms with Crippen molar-refractivity contribution >= 4 is 22.9 Å². The highest BCUT2D eigenvalue weighted by molar-refractivity contribution is 5.87. The highest BCUT2D eigenvalue weighted by atomic mass is 19.2. The summed E-state index contributed by atoms with van der Waals surface area (Å²) < 4.78 is 28.0. The van der Waals surface area contributed by atoms with E-state index in [2.05, 4.69) is 10.4 Å². The predicted molar refractivity (Wildman–Crippen MR) is 99.8 cm³/mol. The summed E-state index contributed by atoms with van der Waals surface area (Å²) in [6, 6.07) is 10.7. The van der Waals surface area contributed by atoms with Crippen LogP contribution in [0, 0.1) is 11.6 Å². The first-order chi connectivity index (χ1) is 12.8. The van der Waals surface area contributed by atoms with Gasteiger partial charge in [-0.3, -0.25) is 15.0 Å². The van der Waals surface area contributed by atoms with Crippen molar-refractivity contribution in [2.24, 2.45) is 0 Å². The molecule has 0 bridgehead atoms. The Hall–Kier alpha value is -3.35. The summed E-state index contributed by atoms with van der Waals surface area (Å²) in [4.78, 5) is 29.4. The van der Waals surface area contributed by atoms with Crippen LogP contribution in [0.15, 0.2) is 52.8 Å². The van der Waals surface area contributed by atoms with Gasteiger partial charge in [-0.2, -0.15) is 4.68 Å². The highest BCUT2D eigenvalue weighted by Crippen LogP contribution is 2.15. The van der Waals surface area contributed by atoms with Crippen LogP contribution < -0.4 is 11.0 Å². The van der Waals surface area contributed by atoms with Gasteiger partial charge in [0.05, 0.1) is 17.3 Å². The van der Waals surface area contributed by atoms with Crippen LogP contribution in [0.25, 0.3) is 17.0 Å². The third-order valence-corrected chi connectivity index (χ3v) is 3.80. The van der Waals surface area contributed by atoms with Gasteiger partial charge in [0.15, 0.2) is 17.5 Å². The number of fused-ring (bicyclic) bond motifs is 1. The SMILES string of the molecule is CC(C)=Cc1nc2cc(F)c(F)cc2c(=O)n1NC(=O)Cc1ccccc1. The topological polar surface area (TPSA) is 64.0 Å². The summed E-state index contributed by atoms with van der Waals surface area (Å²) >= 11 is 0. The summed E-state index contributed by atoms with van der Waals surface area (Å²) in [6.45, 7) is 3.58. The van der Waals surface area contributed by atoms with Crippen LogP contribution in [-0.2, 0) is 11.2 Å². The van der Waals surface area contributed by atoms with Gasteiger partial charge in [0.2, 0.25) is 5.91 Å². The minimum atomic E-state index is -1.15. The molecule has 3 aromatic rings. The van der Waals surface area contributed by atoms with Crippen molar-refractivity contribution in [3.05, 3.63) is 81.4 Å². The number of nitrogens with zero attached hydrogens (tertiary/aromatic N) is 2. The third kappa shape index (κ3) is 4.08. The van der Waals surface area contributed by atoms with E-state index in [9.17, 15) is 18.4 Å². The van der Waals surface area contributed by atoms with Crippen molar-refractivity contribution < 1.29 is 13.6 Å². The van der Waals surface area contributed by atoms with Crippen LogP contribution in [0.2, 0.25) is 0 Å². The van der Waals surface area contributed by atoms with E-state index in [1.165, 1.54) is 0 Å². The maximum absolute atomic E-state index is 13.6. The molecule has 5 nitrogen and oxygen atoms in total. The van der Waals surface area contributed by atoms with Gasteiger partial charge in [-0.05, 0) is 31.6 Å². The molecule has 3 rings (SSSR count). The fraction of sp³-hybridized carbons (Fsp3) is 0.150. The predicted octanol–water partition coefficient (Wildman–Crippen LogP) is 3.41. The third-order valence-electron chi connectivity index (χ3n) is 3.80. The Morgan fingerprint density at radius 3 is 2.48 bits per heavy atom. The zero-order valence-corrected chi connectivity index (χ0v) is 14.8. The van der Waals surface area contributed by atoms with Crippen molar-refractivity contribution in [1.29, 1.82) is 0 Å². The molecule has 0 aliphatic carbocycles. The molecule has 0 saturated heterocycles. The molecule has 0 unspecified atom stereocenters. The summed E-state index contributed by atoms with van der Waals surface area (Å²) in [5.41, 5.74) is 3.41. The van der Waals surface area contributed by atoms with Crippen molar-refractivity contribution in [3.63, 3.8) is 0 Å². The number of amides is 1. The van der Waals surface area contributed by atoms with Crippen LogP contribution in [0.3, 0.4) is 0 Å². The molecule has 138 valence electrons. The number of aromatic nitrogens is 2. The molecule has 0 aliphatic heterocycles. The monoisotopic (exact) mass is 369 g/mol. The standard InChI is InChI=1S/C20H17F2N3O2/c1-12(2)8-18-23-17-11-16(22)15(21)10-14(17)20(27)25(18)24-19(26)9-13-6-4-3-5-7-13/h3-8,10-11H,9H2,1-2H3,(H,24,26). The molecule has 1 aromatic heterocycles. The normalized spacial score (nSPS) is 10.7. The van der Waals surface area contributed by atoms with Crippen LogP contribution in [0.5, 0.6) is 0 Å². The number of hydrogen-bond donors (Lipinski definition) is 1. The van der Waals surface area contributed by atoms with Gasteiger partial charge in [0.1, 0.15) is 0 Å². The molecule has 0 radical (unpaired) electrons. The number of allylic oxidation sites excluding steroid dienone is 1. The Kier molecular flexibility index (Phi) is 5.12. The molecule has 1 amide bonds. The van der Waals surface area contributed by atoms with E-state index in [0.29, 0.717) is 0 Å². The zero-order chi connectivity index (χ0) is 19.6. The van der Waals surface area contributed by atoms with E-state index in [1.54, 1.807) is 44.2 Å². The Morgan fingerprint density at radius 2 is 1.81 bits per heavy atom. The lowest BCUT2D eigenvalue weighted by molar-refractivity contribution is -0.116. The number of rotatable bonds is 4. The van der Waals surface area contributed by atoms with E-state index in [-0.39, 0.29) is 23.1 Å². The molecule has 27 heavy (non-hydrogen) atoms. The number of carbonyl (C=O) groups is 1. The molecule has 0 aliphatic rings. The molecule has 0 atom stereocenters. The molecule has 0 spiro atoms. The van der Waals surface area contributed by atoms with Crippen molar-refractivity contribution in [1.82, 2.24) is 9.66 Å².